The van der Waals surface area contributed by atoms with Gasteiger partial charge in [-0.2, -0.15) is 0 Å². The minimum Gasteiger partial charge on any atom is -0.484 e. The molecule has 0 radical (unpaired) electrons. The summed E-state index contributed by atoms with van der Waals surface area (Å²) >= 11 is 5.65. The lowest BCUT2D eigenvalue weighted by Gasteiger charge is -2.56. The highest BCUT2D eigenvalue weighted by molar-refractivity contribution is 6.30. The van der Waals surface area contributed by atoms with Crippen LogP contribution in [0.2, 0.25) is 5.02 Å². The van der Waals surface area contributed by atoms with Crippen LogP contribution in [0.3, 0.4) is 0 Å². The Hall–Kier alpha value is -2.58. The number of nitrogens with one attached hydrogen (secondary N) is 2. The second-order valence-corrected chi connectivity index (χ2v) is 9.28. The van der Waals surface area contributed by atoms with Gasteiger partial charge in [0.15, 0.2) is 12.4 Å². The smallest absolute Gasteiger partial charge is 0.287 e. The van der Waals surface area contributed by atoms with Crippen LogP contribution in [-0.2, 0) is 4.79 Å². The second-order valence-electron chi connectivity index (χ2n) is 8.87. The Morgan fingerprint density at radius 2 is 1.94 bits per heavy atom. The molecule has 1 aromatic carbocycles. The van der Waals surface area contributed by atoms with E-state index in [1.807, 2.05) is 6.92 Å². The van der Waals surface area contributed by atoms with E-state index < -0.39 is 28.9 Å². The average Bonchev–Trinajstić information content (AvgIpc) is 3.09. The van der Waals surface area contributed by atoms with Gasteiger partial charge in [0.2, 0.25) is 0 Å². The first-order chi connectivity index (χ1) is 15.1. The quantitative estimate of drug-likeness (QED) is 0.608. The number of furan rings is 1. The van der Waals surface area contributed by atoms with Gasteiger partial charge in [0.05, 0.1) is 16.7 Å². The number of halogens is 2. The van der Waals surface area contributed by atoms with Crippen molar-refractivity contribution >= 4 is 23.4 Å². The fourth-order valence-corrected chi connectivity index (χ4v) is 4.80. The van der Waals surface area contributed by atoms with Crippen molar-refractivity contribution in [3.8, 4) is 5.75 Å². The molecule has 3 aliphatic rings. The number of hydrogen-bond donors (Lipinski definition) is 3. The maximum absolute atomic E-state index is 13.5. The van der Waals surface area contributed by atoms with Crippen LogP contribution in [0.25, 0.3) is 0 Å². The Kier molecular flexibility index (Phi) is 5.94. The number of aryl methyl sites for hydroxylation is 2. The van der Waals surface area contributed by atoms with E-state index >= 15 is 0 Å². The Bertz CT molecular complexity index is 1030. The number of aliphatic hydroxyl groups excluding tert-OH is 1. The first-order valence-corrected chi connectivity index (χ1v) is 11.0. The van der Waals surface area contributed by atoms with Gasteiger partial charge in [-0.1, -0.05) is 11.6 Å². The van der Waals surface area contributed by atoms with Crippen LogP contribution in [0.1, 0.15) is 54.0 Å². The molecule has 32 heavy (non-hydrogen) atoms. The molecule has 9 heteroatoms. The lowest BCUT2D eigenvalue weighted by atomic mass is 9.60. The summed E-state index contributed by atoms with van der Waals surface area (Å²) < 4.78 is 24.4. The van der Waals surface area contributed by atoms with E-state index in [1.165, 1.54) is 12.1 Å². The number of benzene rings is 1. The minimum atomic E-state index is -0.817. The lowest BCUT2D eigenvalue weighted by Crippen LogP contribution is -2.70. The third kappa shape index (κ3) is 4.34. The molecule has 1 aromatic heterocycles. The zero-order chi connectivity index (χ0) is 23.1. The van der Waals surface area contributed by atoms with E-state index in [4.69, 9.17) is 20.8 Å². The fourth-order valence-electron chi connectivity index (χ4n) is 4.68. The van der Waals surface area contributed by atoms with Crippen LogP contribution in [0.15, 0.2) is 28.7 Å². The summed E-state index contributed by atoms with van der Waals surface area (Å²) in [7, 11) is 0. The molecule has 3 N–H and O–H groups in total. The van der Waals surface area contributed by atoms with Gasteiger partial charge in [0.25, 0.3) is 11.8 Å². The van der Waals surface area contributed by atoms with Gasteiger partial charge in [0, 0.05) is 11.6 Å². The highest BCUT2D eigenvalue weighted by Crippen LogP contribution is 2.47. The standard InChI is InChI=1S/C23H26ClFN2O5/c1-13-9-18(32-14(13)2)21(30)27-22-5-7-23(8-6-22,19(28)11-22)26-20(29)12-31-15-3-4-16(24)17(25)10-15/h3-4,9-10,19,28H,5-8,11-12H2,1-2H3,(H,26,29)(H,27,30). The molecule has 1 heterocycles. The first kappa shape index (κ1) is 22.6. The summed E-state index contributed by atoms with van der Waals surface area (Å²) in [5, 5.41) is 16.8. The number of fused-ring (bicyclic) bond motifs is 3. The van der Waals surface area contributed by atoms with Crippen molar-refractivity contribution < 1.29 is 28.2 Å². The highest BCUT2D eigenvalue weighted by atomic mass is 35.5. The summed E-state index contributed by atoms with van der Waals surface area (Å²) in [6.07, 6.45) is 1.80. The van der Waals surface area contributed by atoms with Crippen molar-refractivity contribution in [2.45, 2.75) is 63.1 Å². The Balaban J connectivity index is 1.35. The van der Waals surface area contributed by atoms with E-state index in [0.29, 0.717) is 37.9 Å². The van der Waals surface area contributed by atoms with Crippen molar-refractivity contribution in [1.29, 1.82) is 0 Å². The minimum absolute atomic E-state index is 0.0267. The SMILES string of the molecule is Cc1cc(C(=O)NC23CCC(NC(=O)COc4ccc(Cl)c(F)c4)(CC2)C(O)C3)oc1C. The van der Waals surface area contributed by atoms with Crippen molar-refractivity contribution in [3.63, 3.8) is 0 Å². The highest BCUT2D eigenvalue weighted by Gasteiger charge is 2.55. The average molecular weight is 465 g/mol. The van der Waals surface area contributed by atoms with Crippen LogP contribution >= 0.6 is 11.6 Å². The van der Waals surface area contributed by atoms with Gasteiger partial charge in [-0.3, -0.25) is 9.59 Å². The van der Waals surface area contributed by atoms with Crippen molar-refractivity contribution in [1.82, 2.24) is 10.6 Å². The number of carbonyl (C=O) groups is 2. The summed E-state index contributed by atoms with van der Waals surface area (Å²) in [6.45, 7) is 3.37. The molecular formula is C23H26ClFN2O5. The number of aliphatic hydroxyl groups is 1. The molecule has 3 saturated carbocycles. The number of hydrogen-bond acceptors (Lipinski definition) is 5. The Labute approximate surface area is 190 Å². The maximum atomic E-state index is 13.5. The van der Waals surface area contributed by atoms with Gasteiger partial charge in [0.1, 0.15) is 17.3 Å². The van der Waals surface area contributed by atoms with Gasteiger partial charge in [-0.25, -0.2) is 4.39 Å². The molecule has 2 bridgehead atoms. The summed E-state index contributed by atoms with van der Waals surface area (Å²) in [6, 6.07) is 5.66. The van der Waals surface area contributed by atoms with Crippen molar-refractivity contribution in [2.24, 2.45) is 0 Å². The molecule has 0 aliphatic heterocycles. The van der Waals surface area contributed by atoms with E-state index in [-0.39, 0.29) is 29.0 Å². The summed E-state index contributed by atoms with van der Waals surface area (Å²) in [5.74, 6) is -0.177. The molecule has 1 atom stereocenters. The molecule has 0 spiro atoms. The van der Waals surface area contributed by atoms with Gasteiger partial charge < -0.3 is 24.9 Å². The topological polar surface area (TPSA) is 101 Å². The molecular weight excluding hydrogens is 439 g/mol. The van der Waals surface area contributed by atoms with Crippen LogP contribution < -0.4 is 15.4 Å². The molecule has 1 unspecified atom stereocenters. The van der Waals surface area contributed by atoms with Gasteiger partial charge in [-0.15, -0.1) is 0 Å². The van der Waals surface area contributed by atoms with Gasteiger partial charge >= 0.3 is 0 Å². The maximum Gasteiger partial charge on any atom is 0.287 e. The zero-order valence-electron chi connectivity index (χ0n) is 18.0. The number of ether oxygens (including phenoxy) is 1. The van der Waals surface area contributed by atoms with Crippen LogP contribution in [-0.4, -0.2) is 40.7 Å². The van der Waals surface area contributed by atoms with Crippen molar-refractivity contribution in [3.05, 3.63) is 52.2 Å². The van der Waals surface area contributed by atoms with E-state index in [2.05, 4.69) is 10.6 Å². The van der Waals surface area contributed by atoms with Crippen molar-refractivity contribution in [2.75, 3.05) is 6.61 Å². The molecule has 2 amide bonds. The molecule has 172 valence electrons. The number of amides is 2. The molecule has 5 rings (SSSR count). The summed E-state index contributed by atoms with van der Waals surface area (Å²) in [5.41, 5.74) is -0.393. The Morgan fingerprint density at radius 3 is 2.53 bits per heavy atom. The predicted molar refractivity (Wildman–Crippen MR) is 115 cm³/mol. The molecule has 3 aliphatic carbocycles. The van der Waals surface area contributed by atoms with E-state index in [9.17, 15) is 19.1 Å². The summed E-state index contributed by atoms with van der Waals surface area (Å²) in [4.78, 5) is 25.2. The second kappa shape index (κ2) is 8.41. The fraction of sp³-hybridized carbons (Fsp3) is 0.478. The number of rotatable bonds is 6. The third-order valence-corrected chi connectivity index (χ3v) is 7.05. The van der Waals surface area contributed by atoms with Gasteiger partial charge in [-0.05, 0) is 69.7 Å². The van der Waals surface area contributed by atoms with E-state index in [0.717, 1.165) is 11.6 Å². The predicted octanol–water partition coefficient (Wildman–Crippen LogP) is 3.43. The lowest BCUT2D eigenvalue weighted by molar-refractivity contribution is -0.132. The Morgan fingerprint density at radius 1 is 1.22 bits per heavy atom. The molecule has 2 aromatic rings. The molecule has 3 fully saturated rings. The van der Waals surface area contributed by atoms with E-state index in [1.54, 1.807) is 13.0 Å². The molecule has 0 saturated heterocycles. The van der Waals surface area contributed by atoms with Crippen LogP contribution in [0.5, 0.6) is 5.75 Å². The first-order valence-electron chi connectivity index (χ1n) is 10.6. The largest absolute Gasteiger partial charge is 0.484 e. The number of carbonyl (C=O) groups excluding carboxylic acids is 2. The molecule has 7 nitrogen and oxygen atoms in total. The zero-order valence-corrected chi connectivity index (χ0v) is 18.7. The monoisotopic (exact) mass is 464 g/mol. The van der Waals surface area contributed by atoms with Crippen LogP contribution in [0, 0.1) is 19.7 Å². The normalized spacial score (nSPS) is 26.6. The van der Waals surface area contributed by atoms with Crippen LogP contribution in [0.4, 0.5) is 4.39 Å². The third-order valence-electron chi connectivity index (χ3n) is 6.74.